The molecule has 15 heteroatoms. The summed E-state index contributed by atoms with van der Waals surface area (Å²) in [6.45, 7) is 6.18. The number of fused-ring (bicyclic) bond motifs is 3. The second kappa shape index (κ2) is 13.3. The first-order chi connectivity index (χ1) is 18.9. The van der Waals surface area contributed by atoms with Gasteiger partial charge < -0.3 is 35.1 Å². The van der Waals surface area contributed by atoms with Crippen LogP contribution in [0.15, 0.2) is 30.5 Å². The molecule has 1 fully saturated rings. The summed E-state index contributed by atoms with van der Waals surface area (Å²) in [6.07, 6.45) is 0.140. The number of piperazine rings is 1. The number of hydrogen-bond donors (Lipinski definition) is 2. The van der Waals surface area contributed by atoms with Gasteiger partial charge in [0.2, 0.25) is 5.95 Å². The van der Waals surface area contributed by atoms with Crippen LogP contribution in [0.25, 0.3) is 16.7 Å². The van der Waals surface area contributed by atoms with Crippen LogP contribution >= 0.6 is 0 Å². The first kappa shape index (κ1) is 29.6. The molecule has 5 rings (SSSR count). The van der Waals surface area contributed by atoms with Crippen LogP contribution in [0.3, 0.4) is 0 Å². The number of aliphatic hydroxyl groups is 1. The van der Waals surface area contributed by atoms with E-state index in [2.05, 4.69) is 42.1 Å². The molecule has 0 radical (unpaired) electrons. The van der Waals surface area contributed by atoms with E-state index in [9.17, 15) is 15.0 Å². The Hall–Kier alpha value is -3.41. The second-order valence-corrected chi connectivity index (χ2v) is 9.37. The van der Waals surface area contributed by atoms with Gasteiger partial charge in [0.05, 0.1) is 24.7 Å². The van der Waals surface area contributed by atoms with Crippen LogP contribution in [0.2, 0.25) is 0 Å². The molecule has 14 nitrogen and oxygen atoms in total. The van der Waals surface area contributed by atoms with Crippen molar-refractivity contribution in [3.8, 4) is 5.75 Å². The molecule has 1 aliphatic rings. The zero-order valence-corrected chi connectivity index (χ0v) is 22.8. The van der Waals surface area contributed by atoms with Crippen molar-refractivity contribution in [3.63, 3.8) is 0 Å². The number of carboxylic acids is 1. The van der Waals surface area contributed by atoms with Crippen LogP contribution in [0.5, 0.6) is 5.75 Å². The maximum absolute atomic E-state index is 10.7. The van der Waals surface area contributed by atoms with Crippen molar-refractivity contribution in [2.24, 2.45) is 0 Å². The number of aliphatic carboxylic acids is 1. The van der Waals surface area contributed by atoms with Gasteiger partial charge in [-0.15, -0.1) is 5.10 Å². The second-order valence-electron chi connectivity index (χ2n) is 9.37. The number of hydrogen-bond acceptors (Lipinski definition) is 12. The van der Waals surface area contributed by atoms with Crippen LogP contribution in [0.1, 0.15) is 24.8 Å². The first-order valence-electron chi connectivity index (χ1n) is 12.9. The molecular weight excluding hydrogens is 513 g/mol. The number of anilines is 2. The molecule has 208 valence electrons. The smallest absolute Gasteiger partial charge is 0.550 e. The standard InChI is InChI=1S/C25H33N9O5.Li/c1-38-14-15-39-18-4-2-17(3-5-18)32-11-8-31(9-12-32)10-13-33-23-19(16-27-33)24-28-22(20(35)6-7-21(36)37)30-34(24)25(26)29-23;/h2-5,16,20,35H,6-15H2,1H3,(H2,26,29)(H,36,37);/q;+1/p-1/t20-;/m0./s1. The van der Waals surface area contributed by atoms with Gasteiger partial charge in [0.1, 0.15) is 18.5 Å². The molecule has 0 amide bonds. The van der Waals surface area contributed by atoms with Crippen LogP contribution in [0, 0.1) is 0 Å². The number of benzene rings is 1. The minimum Gasteiger partial charge on any atom is -0.550 e. The number of ether oxygens (including phenoxy) is 2. The Kier molecular flexibility index (Phi) is 9.83. The van der Waals surface area contributed by atoms with E-state index < -0.39 is 12.1 Å². The molecule has 3 aromatic heterocycles. The van der Waals surface area contributed by atoms with Gasteiger partial charge in [0.15, 0.2) is 17.1 Å². The van der Waals surface area contributed by atoms with Crippen molar-refractivity contribution < 1.29 is 43.3 Å². The number of rotatable bonds is 12. The van der Waals surface area contributed by atoms with E-state index in [4.69, 9.17) is 15.2 Å². The zero-order chi connectivity index (χ0) is 27.4. The molecule has 3 N–H and O–H groups in total. The number of carbonyl (C=O) groups is 1. The molecule has 40 heavy (non-hydrogen) atoms. The molecule has 0 unspecified atom stereocenters. The fraction of sp³-hybridized carbons (Fsp3) is 0.480. The maximum atomic E-state index is 10.7. The van der Waals surface area contributed by atoms with E-state index >= 15 is 0 Å². The van der Waals surface area contributed by atoms with E-state index in [1.54, 1.807) is 18.0 Å². The van der Waals surface area contributed by atoms with E-state index in [1.165, 1.54) is 10.2 Å². The van der Waals surface area contributed by atoms with Gasteiger partial charge in [-0.2, -0.15) is 14.6 Å². The molecule has 4 heterocycles. The normalized spacial score (nSPS) is 14.9. The number of carbonyl (C=O) groups excluding carboxylic acids is 1. The Morgan fingerprint density at radius 3 is 2.55 bits per heavy atom. The summed E-state index contributed by atoms with van der Waals surface area (Å²) in [5.41, 5.74) is 8.29. The van der Waals surface area contributed by atoms with Crippen molar-refractivity contribution in [1.82, 2.24) is 34.3 Å². The van der Waals surface area contributed by atoms with Crippen molar-refractivity contribution in [3.05, 3.63) is 36.3 Å². The number of carboxylic acid groups (broad SMARTS) is 1. The Morgan fingerprint density at radius 2 is 1.85 bits per heavy atom. The molecule has 4 aromatic rings. The third-order valence-electron chi connectivity index (χ3n) is 6.79. The van der Waals surface area contributed by atoms with Crippen LogP contribution < -0.4 is 39.3 Å². The van der Waals surface area contributed by atoms with Gasteiger partial charge in [-0.05, 0) is 37.1 Å². The SMILES string of the molecule is COCCOc1ccc(N2CCN(CCn3ncc4c3nc(N)n3nc([C@@H](O)CCC(=O)[O-])nc43)CC2)cc1.[Li+]. The molecular formula is C25H32LiN9O5. The van der Waals surface area contributed by atoms with Crippen molar-refractivity contribution in [1.29, 1.82) is 0 Å². The zero-order valence-electron chi connectivity index (χ0n) is 22.8. The summed E-state index contributed by atoms with van der Waals surface area (Å²) >= 11 is 0. The van der Waals surface area contributed by atoms with E-state index in [-0.39, 0.29) is 43.5 Å². The number of methoxy groups -OCH3 is 1. The molecule has 0 aliphatic carbocycles. The van der Waals surface area contributed by atoms with Crippen molar-refractivity contribution in [2.75, 3.05) is 63.7 Å². The van der Waals surface area contributed by atoms with E-state index in [0.29, 0.717) is 36.4 Å². The third-order valence-corrected chi connectivity index (χ3v) is 6.79. The quantitative estimate of drug-likeness (QED) is 0.133. The number of nitrogens with two attached hydrogens (primary N) is 1. The first-order valence-corrected chi connectivity index (χ1v) is 12.9. The summed E-state index contributed by atoms with van der Waals surface area (Å²) in [5.74, 6) is -0.228. The predicted octanol–water partition coefficient (Wildman–Crippen LogP) is -3.53. The average Bonchev–Trinajstić information content (AvgIpc) is 3.57. The molecule has 1 aromatic carbocycles. The summed E-state index contributed by atoms with van der Waals surface area (Å²) in [4.78, 5) is 24.3. The van der Waals surface area contributed by atoms with Gasteiger partial charge in [0.25, 0.3) is 0 Å². The Morgan fingerprint density at radius 1 is 1.10 bits per heavy atom. The van der Waals surface area contributed by atoms with Crippen LogP contribution in [-0.4, -0.2) is 98.4 Å². The number of nitrogens with zero attached hydrogens (tertiary/aromatic N) is 8. The summed E-state index contributed by atoms with van der Waals surface area (Å²) in [6, 6.07) is 8.15. The topological polar surface area (TPSA) is 172 Å². The maximum Gasteiger partial charge on any atom is 1.00 e. The minimum absolute atomic E-state index is 0. The monoisotopic (exact) mass is 545 g/mol. The third kappa shape index (κ3) is 6.65. The minimum atomic E-state index is -1.25. The number of aliphatic hydroxyl groups excluding tert-OH is 1. The van der Waals surface area contributed by atoms with Gasteiger partial charge >= 0.3 is 18.9 Å². The molecule has 0 bridgehead atoms. The molecule has 0 spiro atoms. The molecule has 1 atom stereocenters. The van der Waals surface area contributed by atoms with Crippen LogP contribution in [-0.2, 0) is 16.1 Å². The van der Waals surface area contributed by atoms with Gasteiger partial charge in [-0.3, -0.25) is 4.90 Å². The van der Waals surface area contributed by atoms with Gasteiger partial charge in [-0.25, -0.2) is 9.67 Å². The Balaban J connectivity index is 0.00000370. The van der Waals surface area contributed by atoms with Gasteiger partial charge in [-0.1, -0.05) is 0 Å². The molecule has 1 saturated heterocycles. The fourth-order valence-electron chi connectivity index (χ4n) is 4.62. The number of nitrogen functional groups attached to an aromatic ring is 1. The predicted molar refractivity (Wildman–Crippen MR) is 140 cm³/mol. The van der Waals surface area contributed by atoms with Crippen molar-refractivity contribution in [2.45, 2.75) is 25.5 Å². The fourth-order valence-corrected chi connectivity index (χ4v) is 4.62. The molecule has 1 aliphatic heterocycles. The van der Waals surface area contributed by atoms with E-state index in [0.717, 1.165) is 38.5 Å². The average molecular weight is 546 g/mol. The number of aromatic nitrogens is 6. The Bertz CT molecular complexity index is 1420. The summed E-state index contributed by atoms with van der Waals surface area (Å²) in [7, 11) is 1.66. The summed E-state index contributed by atoms with van der Waals surface area (Å²) < 4.78 is 13.8. The molecule has 0 saturated carbocycles. The summed E-state index contributed by atoms with van der Waals surface area (Å²) in [5, 5.41) is 30.4. The largest absolute Gasteiger partial charge is 1.00 e. The Labute approximate surface area is 242 Å². The van der Waals surface area contributed by atoms with Crippen molar-refractivity contribution >= 4 is 34.3 Å². The van der Waals surface area contributed by atoms with E-state index in [1.807, 2.05) is 12.1 Å². The van der Waals surface area contributed by atoms with Gasteiger partial charge in [0, 0.05) is 51.5 Å². The van der Waals surface area contributed by atoms with Crippen LogP contribution in [0.4, 0.5) is 11.6 Å².